The van der Waals surface area contributed by atoms with E-state index in [1.165, 1.54) is 10.6 Å². The molecule has 1 aliphatic rings. The zero-order valence-electron chi connectivity index (χ0n) is 10.4. The second-order valence-corrected chi connectivity index (χ2v) is 5.01. The van der Waals surface area contributed by atoms with Crippen molar-refractivity contribution in [3.8, 4) is 0 Å². The minimum Gasteiger partial charge on any atom is -0.477 e. The number of aromatic nitrogens is 1. The van der Waals surface area contributed by atoms with E-state index in [0.29, 0.717) is 5.92 Å². The summed E-state index contributed by atoms with van der Waals surface area (Å²) in [6.45, 7) is 2.25. The number of nitrogens with zero attached hydrogens (tertiary/aromatic N) is 1. The molecule has 0 aromatic carbocycles. The van der Waals surface area contributed by atoms with E-state index in [1.54, 1.807) is 12.3 Å². The van der Waals surface area contributed by atoms with Crippen molar-refractivity contribution in [2.75, 3.05) is 0 Å². The van der Waals surface area contributed by atoms with Crippen molar-refractivity contribution in [2.24, 2.45) is 5.92 Å². The first-order valence-corrected chi connectivity index (χ1v) is 6.24. The quantitative estimate of drug-likeness (QED) is 0.850. The molecule has 0 spiro atoms. The second kappa shape index (κ2) is 5.25. The maximum atomic E-state index is 11.8. The van der Waals surface area contributed by atoms with Gasteiger partial charge in [0.1, 0.15) is 12.2 Å². The molecule has 1 aromatic rings. The van der Waals surface area contributed by atoms with E-state index in [-0.39, 0.29) is 24.2 Å². The van der Waals surface area contributed by atoms with Crippen molar-refractivity contribution in [1.82, 2.24) is 9.88 Å². The fourth-order valence-electron chi connectivity index (χ4n) is 2.51. The van der Waals surface area contributed by atoms with Crippen LogP contribution in [0.2, 0.25) is 0 Å². The van der Waals surface area contributed by atoms with E-state index in [1.807, 2.05) is 0 Å². The molecular weight excluding hydrogens is 232 g/mol. The smallest absolute Gasteiger partial charge is 0.352 e. The highest BCUT2D eigenvalue weighted by Crippen LogP contribution is 2.24. The minimum absolute atomic E-state index is 0.0690. The highest BCUT2D eigenvalue weighted by Gasteiger charge is 2.23. The van der Waals surface area contributed by atoms with Crippen LogP contribution in [0.1, 0.15) is 36.7 Å². The molecule has 2 N–H and O–H groups in total. The van der Waals surface area contributed by atoms with Crippen LogP contribution >= 0.6 is 0 Å². The molecule has 1 saturated carbocycles. The molecule has 0 radical (unpaired) electrons. The standard InChI is InChI=1S/C13H18N2O3/c1-9-4-5-10(7-9)14-12(16)8-15-6-2-3-11(15)13(17)18/h2-3,6,9-10H,4-5,7-8H2,1H3,(H,14,16)(H,17,18). The predicted molar refractivity (Wildman–Crippen MR) is 66.3 cm³/mol. The molecule has 1 aromatic heterocycles. The highest BCUT2D eigenvalue weighted by molar-refractivity contribution is 5.86. The maximum Gasteiger partial charge on any atom is 0.352 e. The van der Waals surface area contributed by atoms with Crippen LogP contribution < -0.4 is 5.32 Å². The monoisotopic (exact) mass is 250 g/mol. The lowest BCUT2D eigenvalue weighted by molar-refractivity contribution is -0.122. The normalized spacial score (nSPS) is 22.9. The topological polar surface area (TPSA) is 71.3 Å². The summed E-state index contributed by atoms with van der Waals surface area (Å²) in [6, 6.07) is 3.37. The lowest BCUT2D eigenvalue weighted by atomic mass is 10.1. The second-order valence-electron chi connectivity index (χ2n) is 5.01. The Morgan fingerprint density at radius 1 is 1.50 bits per heavy atom. The number of carboxylic acids is 1. The summed E-state index contributed by atoms with van der Waals surface area (Å²) in [5.74, 6) is -0.466. The van der Waals surface area contributed by atoms with Crippen LogP contribution in [0.15, 0.2) is 18.3 Å². The first-order chi connectivity index (χ1) is 8.56. The van der Waals surface area contributed by atoms with E-state index < -0.39 is 5.97 Å². The Balaban J connectivity index is 1.91. The summed E-state index contributed by atoms with van der Waals surface area (Å²) in [6.07, 6.45) is 4.79. The SMILES string of the molecule is CC1CCC(NC(=O)Cn2cccc2C(=O)O)C1. The summed E-state index contributed by atoms with van der Waals surface area (Å²) < 4.78 is 1.45. The molecule has 2 atom stereocenters. The molecule has 1 aliphatic carbocycles. The van der Waals surface area contributed by atoms with Gasteiger partial charge < -0.3 is 15.0 Å². The Bertz CT molecular complexity index is 453. The Hall–Kier alpha value is -1.78. The van der Waals surface area contributed by atoms with Crippen LogP contribution in [-0.4, -0.2) is 27.6 Å². The van der Waals surface area contributed by atoms with Crippen molar-refractivity contribution in [2.45, 2.75) is 38.8 Å². The number of carbonyl (C=O) groups excluding carboxylic acids is 1. The van der Waals surface area contributed by atoms with Crippen LogP contribution in [0, 0.1) is 5.92 Å². The van der Waals surface area contributed by atoms with Gasteiger partial charge in [0.05, 0.1) is 0 Å². The number of hydrogen-bond donors (Lipinski definition) is 2. The zero-order chi connectivity index (χ0) is 13.1. The van der Waals surface area contributed by atoms with E-state index >= 15 is 0 Å². The first-order valence-electron chi connectivity index (χ1n) is 6.24. The van der Waals surface area contributed by atoms with Crippen LogP contribution in [0.3, 0.4) is 0 Å². The number of amides is 1. The van der Waals surface area contributed by atoms with Crippen molar-refractivity contribution >= 4 is 11.9 Å². The molecule has 0 aliphatic heterocycles. The summed E-state index contributed by atoms with van der Waals surface area (Å²) in [4.78, 5) is 22.7. The lowest BCUT2D eigenvalue weighted by Gasteiger charge is -2.13. The molecule has 5 nitrogen and oxygen atoms in total. The summed E-state index contributed by atoms with van der Waals surface area (Å²) >= 11 is 0. The molecule has 1 heterocycles. The van der Waals surface area contributed by atoms with E-state index in [4.69, 9.17) is 5.11 Å². The third-order valence-electron chi connectivity index (χ3n) is 3.42. The Kier molecular flexibility index (Phi) is 3.69. The number of carbonyl (C=O) groups is 2. The van der Waals surface area contributed by atoms with Gasteiger partial charge >= 0.3 is 5.97 Å². The van der Waals surface area contributed by atoms with Crippen LogP contribution in [-0.2, 0) is 11.3 Å². The van der Waals surface area contributed by atoms with Gasteiger partial charge in [-0.15, -0.1) is 0 Å². The van der Waals surface area contributed by atoms with Crippen LogP contribution in [0.25, 0.3) is 0 Å². The lowest BCUT2D eigenvalue weighted by Crippen LogP contribution is -2.35. The zero-order valence-corrected chi connectivity index (χ0v) is 10.4. The maximum absolute atomic E-state index is 11.8. The number of rotatable bonds is 4. The van der Waals surface area contributed by atoms with Gasteiger partial charge in [-0.3, -0.25) is 4.79 Å². The number of hydrogen-bond acceptors (Lipinski definition) is 2. The number of aromatic carboxylic acids is 1. The van der Waals surface area contributed by atoms with Crippen molar-refractivity contribution < 1.29 is 14.7 Å². The number of carboxylic acid groups (broad SMARTS) is 1. The van der Waals surface area contributed by atoms with E-state index in [2.05, 4.69) is 12.2 Å². The van der Waals surface area contributed by atoms with Crippen molar-refractivity contribution in [3.05, 3.63) is 24.0 Å². The van der Waals surface area contributed by atoms with Crippen molar-refractivity contribution in [3.63, 3.8) is 0 Å². The molecule has 1 fully saturated rings. The summed E-state index contributed by atoms with van der Waals surface area (Å²) in [5.41, 5.74) is 0.143. The molecular formula is C13H18N2O3. The van der Waals surface area contributed by atoms with Gasteiger partial charge in [0, 0.05) is 12.2 Å². The van der Waals surface area contributed by atoms with E-state index in [9.17, 15) is 9.59 Å². The first kappa shape index (κ1) is 12.7. The van der Waals surface area contributed by atoms with Crippen LogP contribution in [0.4, 0.5) is 0 Å². The molecule has 0 bridgehead atoms. The molecule has 98 valence electrons. The molecule has 0 saturated heterocycles. The van der Waals surface area contributed by atoms with Gasteiger partial charge in [0.2, 0.25) is 5.91 Å². The summed E-state index contributed by atoms with van der Waals surface area (Å²) in [7, 11) is 0. The molecule has 2 rings (SSSR count). The van der Waals surface area contributed by atoms with Gasteiger partial charge in [0.15, 0.2) is 0 Å². The Morgan fingerprint density at radius 2 is 2.28 bits per heavy atom. The molecule has 5 heteroatoms. The third kappa shape index (κ3) is 2.91. The highest BCUT2D eigenvalue weighted by atomic mass is 16.4. The van der Waals surface area contributed by atoms with Crippen LogP contribution in [0.5, 0.6) is 0 Å². The minimum atomic E-state index is -1.01. The predicted octanol–water partition coefficient (Wildman–Crippen LogP) is 1.49. The third-order valence-corrected chi connectivity index (χ3v) is 3.42. The van der Waals surface area contributed by atoms with Gasteiger partial charge in [-0.2, -0.15) is 0 Å². The van der Waals surface area contributed by atoms with Gasteiger partial charge in [-0.25, -0.2) is 4.79 Å². The fraction of sp³-hybridized carbons (Fsp3) is 0.538. The number of nitrogens with one attached hydrogen (secondary N) is 1. The van der Waals surface area contributed by atoms with E-state index in [0.717, 1.165) is 19.3 Å². The fourth-order valence-corrected chi connectivity index (χ4v) is 2.51. The van der Waals surface area contributed by atoms with Gasteiger partial charge in [0.25, 0.3) is 0 Å². The van der Waals surface area contributed by atoms with Gasteiger partial charge in [-0.05, 0) is 37.3 Å². The Labute approximate surface area is 106 Å². The average molecular weight is 250 g/mol. The average Bonchev–Trinajstić information content (AvgIpc) is 2.87. The molecule has 1 amide bonds. The largest absolute Gasteiger partial charge is 0.477 e. The molecule has 18 heavy (non-hydrogen) atoms. The summed E-state index contributed by atoms with van der Waals surface area (Å²) in [5, 5.41) is 11.9. The molecule has 2 unspecified atom stereocenters. The van der Waals surface area contributed by atoms with Crippen molar-refractivity contribution in [1.29, 1.82) is 0 Å². The van der Waals surface area contributed by atoms with Gasteiger partial charge in [-0.1, -0.05) is 6.92 Å². The Morgan fingerprint density at radius 3 is 2.89 bits per heavy atom.